The Morgan fingerprint density at radius 1 is 1.24 bits per heavy atom. The fraction of sp³-hybridized carbons (Fsp3) is 0.250. The summed E-state index contributed by atoms with van der Waals surface area (Å²) in [5.74, 6) is 2.37. The number of nitrogens with one attached hydrogen (secondary N) is 1. The maximum Gasteiger partial charge on any atom is 0.166 e. The summed E-state index contributed by atoms with van der Waals surface area (Å²) in [5, 5.41) is 6.41. The van der Waals surface area contributed by atoms with Crippen molar-refractivity contribution < 1.29 is 4.74 Å². The van der Waals surface area contributed by atoms with Gasteiger partial charge in [-0.05, 0) is 43.0 Å². The van der Waals surface area contributed by atoms with Crippen molar-refractivity contribution in [2.75, 3.05) is 19.0 Å². The molecule has 0 unspecified atom stereocenters. The smallest absolute Gasteiger partial charge is 0.166 e. The summed E-state index contributed by atoms with van der Waals surface area (Å²) < 4.78 is 5.48. The summed E-state index contributed by atoms with van der Waals surface area (Å²) >= 11 is 1.62. The zero-order valence-corrected chi connectivity index (χ0v) is 13.1. The molecule has 3 aromatic rings. The number of anilines is 1. The van der Waals surface area contributed by atoms with Gasteiger partial charge in [0.25, 0.3) is 0 Å². The van der Waals surface area contributed by atoms with Gasteiger partial charge in [0.1, 0.15) is 16.4 Å². The number of nitrogens with zero attached hydrogens (tertiary/aromatic N) is 2. The van der Waals surface area contributed by atoms with E-state index in [1.165, 1.54) is 0 Å². The van der Waals surface area contributed by atoms with Gasteiger partial charge < -0.3 is 10.1 Å². The molecule has 3 rings (SSSR count). The van der Waals surface area contributed by atoms with Crippen molar-refractivity contribution in [3.8, 4) is 17.1 Å². The van der Waals surface area contributed by atoms with Crippen LogP contribution in [0.3, 0.4) is 0 Å². The van der Waals surface area contributed by atoms with E-state index in [9.17, 15) is 0 Å². The van der Waals surface area contributed by atoms with Crippen molar-refractivity contribution in [3.63, 3.8) is 0 Å². The average molecular weight is 299 g/mol. The first kappa shape index (κ1) is 13.8. The number of hydrogen-bond donors (Lipinski definition) is 1. The average Bonchev–Trinajstić information content (AvgIpc) is 2.96. The number of aromatic nitrogens is 2. The number of benzene rings is 1. The number of fused-ring (bicyclic) bond motifs is 1. The Hall–Kier alpha value is -2.14. The molecule has 0 bridgehead atoms. The van der Waals surface area contributed by atoms with Gasteiger partial charge in [-0.25, -0.2) is 9.97 Å². The molecule has 0 fully saturated rings. The molecule has 1 aromatic carbocycles. The molecule has 2 heterocycles. The van der Waals surface area contributed by atoms with Gasteiger partial charge in [0.15, 0.2) is 5.82 Å². The van der Waals surface area contributed by atoms with Crippen LogP contribution in [0.25, 0.3) is 21.6 Å². The lowest BCUT2D eigenvalue weighted by Gasteiger charge is -2.10. The SMILES string of the molecule is CCNc1nc(-c2ccc(C)cc2OC)nc2sccc12. The zero-order chi connectivity index (χ0) is 14.8. The van der Waals surface area contributed by atoms with Crippen LogP contribution < -0.4 is 10.1 Å². The molecular weight excluding hydrogens is 282 g/mol. The summed E-state index contributed by atoms with van der Waals surface area (Å²) in [4.78, 5) is 10.3. The molecule has 21 heavy (non-hydrogen) atoms. The van der Waals surface area contributed by atoms with Crippen molar-refractivity contribution >= 4 is 27.4 Å². The van der Waals surface area contributed by atoms with E-state index >= 15 is 0 Å². The van der Waals surface area contributed by atoms with Gasteiger partial charge in [0, 0.05) is 6.54 Å². The number of rotatable bonds is 4. The highest BCUT2D eigenvalue weighted by Crippen LogP contribution is 2.33. The van der Waals surface area contributed by atoms with Crippen LogP contribution in [0.2, 0.25) is 0 Å². The van der Waals surface area contributed by atoms with Crippen LogP contribution in [-0.2, 0) is 0 Å². The van der Waals surface area contributed by atoms with E-state index in [2.05, 4.69) is 22.2 Å². The summed E-state index contributed by atoms with van der Waals surface area (Å²) in [7, 11) is 1.67. The van der Waals surface area contributed by atoms with E-state index in [-0.39, 0.29) is 0 Å². The van der Waals surface area contributed by atoms with Gasteiger partial charge in [-0.3, -0.25) is 0 Å². The van der Waals surface area contributed by atoms with Gasteiger partial charge in [-0.15, -0.1) is 11.3 Å². The van der Waals surface area contributed by atoms with Crippen LogP contribution in [0.4, 0.5) is 5.82 Å². The van der Waals surface area contributed by atoms with Crippen LogP contribution in [0, 0.1) is 6.92 Å². The van der Waals surface area contributed by atoms with Gasteiger partial charge in [-0.1, -0.05) is 6.07 Å². The van der Waals surface area contributed by atoms with E-state index in [0.717, 1.165) is 39.5 Å². The number of hydrogen-bond acceptors (Lipinski definition) is 5. The number of aryl methyl sites for hydroxylation is 1. The molecular formula is C16H17N3OS. The molecule has 0 amide bonds. The van der Waals surface area contributed by atoms with Crippen LogP contribution in [0.1, 0.15) is 12.5 Å². The van der Waals surface area contributed by atoms with E-state index < -0.39 is 0 Å². The Morgan fingerprint density at radius 3 is 2.86 bits per heavy atom. The lowest BCUT2D eigenvalue weighted by molar-refractivity contribution is 0.416. The van der Waals surface area contributed by atoms with Crippen molar-refractivity contribution in [3.05, 3.63) is 35.2 Å². The number of ether oxygens (including phenoxy) is 1. The predicted molar refractivity (Wildman–Crippen MR) is 88.3 cm³/mol. The molecule has 2 aromatic heterocycles. The Kier molecular flexibility index (Phi) is 3.75. The van der Waals surface area contributed by atoms with E-state index in [4.69, 9.17) is 4.74 Å². The van der Waals surface area contributed by atoms with Crippen LogP contribution in [-0.4, -0.2) is 23.6 Å². The molecule has 5 heteroatoms. The largest absolute Gasteiger partial charge is 0.496 e. The second-order valence-corrected chi connectivity index (χ2v) is 5.66. The van der Waals surface area contributed by atoms with E-state index in [1.54, 1.807) is 18.4 Å². The Labute approximate surface area is 127 Å². The van der Waals surface area contributed by atoms with Crippen molar-refractivity contribution in [1.82, 2.24) is 9.97 Å². The van der Waals surface area contributed by atoms with E-state index in [1.807, 2.05) is 36.6 Å². The monoisotopic (exact) mass is 299 g/mol. The molecule has 0 saturated carbocycles. The first-order chi connectivity index (χ1) is 10.2. The van der Waals surface area contributed by atoms with Gasteiger partial charge in [0.05, 0.1) is 18.1 Å². The van der Waals surface area contributed by atoms with Crippen molar-refractivity contribution in [2.45, 2.75) is 13.8 Å². The molecule has 0 spiro atoms. The molecule has 108 valence electrons. The third-order valence-electron chi connectivity index (χ3n) is 3.27. The van der Waals surface area contributed by atoms with Crippen LogP contribution >= 0.6 is 11.3 Å². The third kappa shape index (κ3) is 2.56. The highest BCUT2D eigenvalue weighted by Gasteiger charge is 2.13. The number of methoxy groups -OCH3 is 1. The minimum atomic E-state index is 0.692. The van der Waals surface area contributed by atoms with Crippen molar-refractivity contribution in [2.24, 2.45) is 0 Å². The standard InChI is InChI=1S/C16H17N3OS/c1-4-17-14-12-7-8-21-16(12)19-15(18-14)11-6-5-10(2)9-13(11)20-3/h5-9H,4H2,1-3H3,(H,17,18,19). The molecule has 0 aliphatic carbocycles. The molecule has 0 aliphatic rings. The van der Waals surface area contributed by atoms with Crippen LogP contribution in [0.5, 0.6) is 5.75 Å². The second kappa shape index (κ2) is 5.69. The highest BCUT2D eigenvalue weighted by molar-refractivity contribution is 7.16. The molecule has 0 aliphatic heterocycles. The van der Waals surface area contributed by atoms with Crippen LogP contribution in [0.15, 0.2) is 29.6 Å². The fourth-order valence-corrected chi connectivity index (χ4v) is 3.03. The highest BCUT2D eigenvalue weighted by atomic mass is 32.1. The normalized spacial score (nSPS) is 10.8. The maximum absolute atomic E-state index is 5.48. The molecule has 1 N–H and O–H groups in total. The lowest BCUT2D eigenvalue weighted by atomic mass is 10.1. The Balaban J connectivity index is 2.20. The third-order valence-corrected chi connectivity index (χ3v) is 4.07. The lowest BCUT2D eigenvalue weighted by Crippen LogP contribution is -2.02. The Morgan fingerprint density at radius 2 is 2.10 bits per heavy atom. The predicted octanol–water partition coefficient (Wildman–Crippen LogP) is 4.11. The minimum absolute atomic E-state index is 0.692. The van der Waals surface area contributed by atoms with Gasteiger partial charge >= 0.3 is 0 Å². The first-order valence-corrected chi connectivity index (χ1v) is 7.75. The minimum Gasteiger partial charge on any atom is -0.496 e. The second-order valence-electron chi connectivity index (χ2n) is 4.77. The zero-order valence-electron chi connectivity index (χ0n) is 12.3. The number of thiophene rings is 1. The Bertz CT molecular complexity index is 782. The molecule has 0 radical (unpaired) electrons. The summed E-state index contributed by atoms with van der Waals surface area (Å²) in [5.41, 5.74) is 2.07. The first-order valence-electron chi connectivity index (χ1n) is 6.87. The van der Waals surface area contributed by atoms with Crippen molar-refractivity contribution in [1.29, 1.82) is 0 Å². The summed E-state index contributed by atoms with van der Waals surface area (Å²) in [6.07, 6.45) is 0. The molecule has 4 nitrogen and oxygen atoms in total. The topological polar surface area (TPSA) is 47.0 Å². The quantitative estimate of drug-likeness (QED) is 0.787. The fourth-order valence-electron chi connectivity index (χ4n) is 2.26. The summed E-state index contributed by atoms with van der Waals surface area (Å²) in [6.45, 7) is 4.93. The maximum atomic E-state index is 5.48. The summed E-state index contributed by atoms with van der Waals surface area (Å²) in [6, 6.07) is 8.11. The van der Waals surface area contributed by atoms with E-state index in [0.29, 0.717) is 5.82 Å². The molecule has 0 atom stereocenters. The van der Waals surface area contributed by atoms with Gasteiger partial charge in [0.2, 0.25) is 0 Å². The molecule has 0 saturated heterocycles. The van der Waals surface area contributed by atoms with Gasteiger partial charge in [-0.2, -0.15) is 0 Å².